The minimum Gasteiger partial charge on any atom is -0.201 e. The summed E-state index contributed by atoms with van der Waals surface area (Å²) in [5.74, 6) is 0. The van der Waals surface area contributed by atoms with Gasteiger partial charge in [0.15, 0.2) is 18.6 Å². The molecular formula is C18H13N6+. The van der Waals surface area contributed by atoms with E-state index in [1.165, 1.54) is 0 Å². The summed E-state index contributed by atoms with van der Waals surface area (Å²) in [6.07, 6.45) is 5.55. The Hall–Kier alpha value is -3.77. The zero-order valence-electron chi connectivity index (χ0n) is 13.0. The fourth-order valence-corrected chi connectivity index (χ4v) is 2.32. The zero-order chi connectivity index (χ0) is 16.9. The summed E-state index contributed by atoms with van der Waals surface area (Å²) in [5.41, 5.74) is 2.97. The molecule has 0 aliphatic heterocycles. The van der Waals surface area contributed by atoms with Crippen molar-refractivity contribution in [3.63, 3.8) is 0 Å². The van der Waals surface area contributed by atoms with E-state index in [2.05, 4.69) is 10.2 Å². The molecule has 1 heterocycles. The van der Waals surface area contributed by atoms with Gasteiger partial charge in [-0.1, -0.05) is 0 Å². The van der Waals surface area contributed by atoms with Crippen molar-refractivity contribution in [2.75, 3.05) is 4.90 Å². The van der Waals surface area contributed by atoms with Crippen molar-refractivity contribution >= 4 is 28.0 Å². The van der Waals surface area contributed by atoms with Crippen LogP contribution in [0.15, 0.2) is 71.0 Å². The zero-order valence-corrected chi connectivity index (χ0v) is 13.0. The van der Waals surface area contributed by atoms with Crippen LogP contribution in [0.4, 0.5) is 17.1 Å². The Morgan fingerprint density at radius 1 is 0.917 bits per heavy atom. The smallest absolute Gasteiger partial charge is 0.201 e. The molecule has 0 spiro atoms. The molecule has 0 aliphatic rings. The summed E-state index contributed by atoms with van der Waals surface area (Å²) < 4.78 is 2.03. The first-order chi connectivity index (χ1) is 11.7. The number of aromatic nitrogens is 1. The Balaban J connectivity index is 1.85. The Labute approximate surface area is 139 Å². The summed E-state index contributed by atoms with van der Waals surface area (Å²) in [6.45, 7) is 0. The van der Waals surface area contributed by atoms with Crippen molar-refractivity contribution in [1.82, 2.24) is 0 Å². The molecule has 0 aliphatic carbocycles. The number of nitriles is 2. The Bertz CT molecular complexity index is 979. The van der Waals surface area contributed by atoms with Gasteiger partial charge in [0.25, 0.3) is 0 Å². The molecule has 6 nitrogen and oxygen atoms in total. The third-order valence-corrected chi connectivity index (χ3v) is 3.57. The van der Waals surface area contributed by atoms with Crippen LogP contribution in [0.2, 0.25) is 0 Å². The number of benzene rings is 2. The molecule has 0 amide bonds. The second-order valence-corrected chi connectivity index (χ2v) is 5.11. The van der Waals surface area contributed by atoms with E-state index < -0.39 is 0 Å². The lowest BCUT2D eigenvalue weighted by Crippen LogP contribution is -2.27. The fraction of sp³-hybridized carbons (Fsp3) is 0.0556. The number of hydrogen-bond acceptors (Lipinski definition) is 5. The van der Waals surface area contributed by atoms with Gasteiger partial charge in [-0.15, -0.1) is 0 Å². The predicted octanol–water partition coefficient (Wildman–Crippen LogP) is 3.85. The van der Waals surface area contributed by atoms with Crippen molar-refractivity contribution in [2.45, 2.75) is 0 Å². The van der Waals surface area contributed by atoms with E-state index in [0.717, 1.165) is 21.5 Å². The van der Waals surface area contributed by atoms with Crippen LogP contribution in [0.3, 0.4) is 0 Å². The predicted molar refractivity (Wildman–Crippen MR) is 89.4 cm³/mol. The van der Waals surface area contributed by atoms with Gasteiger partial charge in [0.1, 0.15) is 7.05 Å². The molecule has 0 fully saturated rings. The minimum atomic E-state index is 0.497. The summed E-state index contributed by atoms with van der Waals surface area (Å²) in [5, 5.41) is 27.2. The van der Waals surface area contributed by atoms with Crippen molar-refractivity contribution in [3.8, 4) is 12.4 Å². The van der Waals surface area contributed by atoms with Crippen molar-refractivity contribution < 1.29 is 4.57 Å². The van der Waals surface area contributed by atoms with E-state index in [9.17, 15) is 0 Å². The van der Waals surface area contributed by atoms with E-state index in [4.69, 9.17) is 10.5 Å². The molecule has 6 heteroatoms. The third kappa shape index (κ3) is 3.03. The van der Waals surface area contributed by atoms with Crippen molar-refractivity contribution in [1.29, 1.82) is 10.5 Å². The molecule has 0 N–H and O–H groups in total. The molecule has 0 unspecified atom stereocenters. The summed E-state index contributed by atoms with van der Waals surface area (Å²) >= 11 is 0. The monoisotopic (exact) mass is 313 g/mol. The summed E-state index contributed by atoms with van der Waals surface area (Å²) in [7, 11) is 1.98. The van der Waals surface area contributed by atoms with Crippen LogP contribution in [0.25, 0.3) is 10.9 Å². The topological polar surface area (TPSA) is 79.4 Å². The van der Waals surface area contributed by atoms with Crippen LogP contribution >= 0.6 is 0 Å². The lowest BCUT2D eigenvalue weighted by molar-refractivity contribution is -0.644. The maximum absolute atomic E-state index is 8.82. The molecule has 3 aromatic rings. The van der Waals surface area contributed by atoms with Gasteiger partial charge in [-0.25, -0.2) is 4.57 Å². The van der Waals surface area contributed by atoms with Gasteiger partial charge in [0.05, 0.1) is 17.1 Å². The molecule has 0 radical (unpaired) electrons. The summed E-state index contributed by atoms with van der Waals surface area (Å²) in [6, 6.07) is 16.7. The van der Waals surface area contributed by atoms with Crippen LogP contribution in [0.1, 0.15) is 0 Å². The molecule has 24 heavy (non-hydrogen) atoms. The molecule has 114 valence electrons. The number of nitrogens with zero attached hydrogens (tertiary/aromatic N) is 6. The van der Waals surface area contributed by atoms with Gasteiger partial charge in [-0.05, 0) is 42.5 Å². The second-order valence-electron chi connectivity index (χ2n) is 5.11. The highest BCUT2D eigenvalue weighted by Gasteiger charge is 2.05. The third-order valence-electron chi connectivity index (χ3n) is 3.57. The minimum absolute atomic E-state index is 0.497. The molecule has 0 bridgehead atoms. The molecule has 0 saturated heterocycles. The van der Waals surface area contributed by atoms with Gasteiger partial charge in [-0.2, -0.15) is 25.7 Å². The Morgan fingerprint density at radius 2 is 1.58 bits per heavy atom. The van der Waals surface area contributed by atoms with Gasteiger partial charge in [-0.3, -0.25) is 0 Å². The van der Waals surface area contributed by atoms with Crippen molar-refractivity contribution in [3.05, 3.63) is 60.8 Å². The molecule has 3 rings (SSSR count). The van der Waals surface area contributed by atoms with E-state index in [0.29, 0.717) is 11.4 Å². The number of rotatable bonds is 3. The molecule has 0 atom stereocenters. The average molecular weight is 313 g/mol. The van der Waals surface area contributed by atoms with Crippen molar-refractivity contribution in [2.24, 2.45) is 17.3 Å². The summed E-state index contributed by atoms with van der Waals surface area (Å²) in [4.78, 5) is 0.921. The van der Waals surface area contributed by atoms with Gasteiger partial charge in [0, 0.05) is 17.5 Å². The highest BCUT2D eigenvalue weighted by atomic mass is 15.1. The van der Waals surface area contributed by atoms with E-state index in [1.54, 1.807) is 36.7 Å². The average Bonchev–Trinajstić information content (AvgIpc) is 2.62. The first-order valence-electron chi connectivity index (χ1n) is 7.21. The normalized spacial score (nSPS) is 10.5. The molecule has 0 saturated carbocycles. The number of anilines is 1. The van der Waals surface area contributed by atoms with E-state index in [-0.39, 0.29) is 0 Å². The number of azo groups is 1. The quantitative estimate of drug-likeness (QED) is 0.319. The molecule has 2 aromatic carbocycles. The van der Waals surface area contributed by atoms with Crippen LogP contribution in [0.5, 0.6) is 0 Å². The maximum atomic E-state index is 8.82. The Kier molecular flexibility index (Phi) is 4.13. The first kappa shape index (κ1) is 15.1. The fourth-order valence-electron chi connectivity index (χ4n) is 2.32. The SMILES string of the molecule is C[n+]1cccc2ccc(N=Nc3ccc(N(C#N)C#N)cc3)cc21. The molecular weight excluding hydrogens is 300 g/mol. The van der Waals surface area contributed by atoms with Crippen LogP contribution in [-0.2, 0) is 7.05 Å². The standard InChI is InChI=1S/C18H13N6/c1-23-10-2-3-14-4-5-16(11-18(14)23)22-21-15-6-8-17(9-7-15)24(12-19)13-20/h2-11H,1H3/q+1. The highest BCUT2D eigenvalue weighted by Crippen LogP contribution is 2.23. The number of fused-ring (bicyclic) bond motifs is 1. The maximum Gasteiger partial charge on any atom is 0.214 e. The van der Waals surface area contributed by atoms with Crippen LogP contribution in [-0.4, -0.2) is 0 Å². The van der Waals surface area contributed by atoms with Gasteiger partial charge in [0.2, 0.25) is 5.52 Å². The molecule has 1 aromatic heterocycles. The van der Waals surface area contributed by atoms with Gasteiger partial charge < -0.3 is 0 Å². The van der Waals surface area contributed by atoms with E-state index in [1.807, 2.05) is 48.1 Å². The van der Waals surface area contributed by atoms with E-state index >= 15 is 0 Å². The number of hydrogen-bond donors (Lipinski definition) is 0. The number of aryl methyl sites for hydroxylation is 1. The lowest BCUT2D eigenvalue weighted by atomic mass is 10.2. The van der Waals surface area contributed by atoms with Crippen LogP contribution in [0, 0.1) is 22.9 Å². The Morgan fingerprint density at radius 3 is 2.29 bits per heavy atom. The number of pyridine rings is 1. The largest absolute Gasteiger partial charge is 0.214 e. The van der Waals surface area contributed by atoms with Gasteiger partial charge >= 0.3 is 0 Å². The second kappa shape index (κ2) is 6.55. The first-order valence-corrected chi connectivity index (χ1v) is 7.21. The lowest BCUT2D eigenvalue weighted by Gasteiger charge is -2.04. The van der Waals surface area contributed by atoms with Crippen LogP contribution < -0.4 is 9.47 Å². The highest BCUT2D eigenvalue weighted by molar-refractivity contribution is 5.78.